The molecule has 0 aliphatic rings. The predicted octanol–water partition coefficient (Wildman–Crippen LogP) is 5.39. The van der Waals surface area contributed by atoms with Crippen molar-refractivity contribution in [3.8, 4) is 0 Å². The Bertz CT molecular complexity index is 683. The number of aliphatic hydroxyl groups excluding tert-OH is 1. The molecule has 0 fully saturated rings. The van der Waals surface area contributed by atoms with Gasteiger partial charge in [0.25, 0.3) is 0 Å². The number of allylic oxidation sites excluding steroid dienone is 1. The lowest BCUT2D eigenvalue weighted by Crippen LogP contribution is -2.31. The second-order valence-corrected chi connectivity index (χ2v) is 9.15. The second-order valence-electron chi connectivity index (χ2n) is 9.15. The lowest BCUT2D eigenvalue weighted by atomic mass is 10.1. The normalized spacial score (nSPS) is 10.7. The van der Waals surface area contributed by atoms with Crippen LogP contribution in [0.2, 0.25) is 0 Å². The summed E-state index contributed by atoms with van der Waals surface area (Å²) >= 11 is 0. The molecule has 1 aromatic rings. The number of aryl methyl sites for hydroxylation is 1. The number of hydrogen-bond donors (Lipinski definition) is 2. The summed E-state index contributed by atoms with van der Waals surface area (Å²) in [6.45, 7) is 24.1. The van der Waals surface area contributed by atoms with Crippen LogP contribution in [0.5, 0.6) is 0 Å². The van der Waals surface area contributed by atoms with E-state index in [4.69, 9.17) is 9.84 Å². The van der Waals surface area contributed by atoms with Crippen molar-refractivity contribution in [1.29, 1.82) is 0 Å². The molecule has 1 rings (SSSR count). The summed E-state index contributed by atoms with van der Waals surface area (Å²) in [5.41, 5.74) is 0.658. The Hall–Kier alpha value is -2.06. The highest BCUT2D eigenvalue weighted by Crippen LogP contribution is 2.14. The fourth-order valence-electron chi connectivity index (χ4n) is 2.59. The minimum atomic E-state index is -0.283. The Balaban J connectivity index is -0.00000141. The van der Waals surface area contributed by atoms with Gasteiger partial charge in [-0.05, 0) is 58.4 Å². The number of ether oxygens (including phenoxy) is 1. The molecule has 2 N–H and O–H groups in total. The molecule has 0 aromatic carbocycles. The smallest absolute Gasteiger partial charge is 0.244 e. The summed E-state index contributed by atoms with van der Waals surface area (Å²) in [7, 11) is 0. The first-order chi connectivity index (χ1) is 17.0. The van der Waals surface area contributed by atoms with Gasteiger partial charge in [-0.1, -0.05) is 60.6 Å². The minimum Gasteiger partial charge on any atom is -0.397 e. The maximum absolute atomic E-state index is 11.7. The third kappa shape index (κ3) is 23.7. The third-order valence-electron chi connectivity index (χ3n) is 4.44. The number of nitrogens with one attached hydrogen (secondary N) is 1. The summed E-state index contributed by atoms with van der Waals surface area (Å²) < 4.78 is 7.82. The van der Waals surface area contributed by atoms with Crippen molar-refractivity contribution in [3.05, 3.63) is 24.0 Å². The van der Waals surface area contributed by atoms with Gasteiger partial charge < -0.3 is 15.2 Å². The van der Waals surface area contributed by atoms with Crippen LogP contribution in [-0.2, 0) is 27.3 Å². The average molecular weight is 513 g/mol. The minimum absolute atomic E-state index is 0.0447. The molecule has 0 unspecified atom stereocenters. The molecule has 0 atom stereocenters. The van der Waals surface area contributed by atoms with E-state index in [-0.39, 0.29) is 29.8 Å². The quantitative estimate of drug-likeness (QED) is 0.256. The molecule has 0 aliphatic heterocycles. The molecule has 0 bridgehead atoms. The van der Waals surface area contributed by atoms with Gasteiger partial charge in [0.2, 0.25) is 5.91 Å². The van der Waals surface area contributed by atoms with Crippen LogP contribution in [0.4, 0.5) is 0 Å². The van der Waals surface area contributed by atoms with Crippen LogP contribution >= 0.6 is 0 Å². The third-order valence-corrected chi connectivity index (χ3v) is 4.44. The molecular formula is C28H56N4O4. The zero-order valence-electron chi connectivity index (χ0n) is 25.1. The number of aromatic nitrogens is 3. The molecule has 8 nitrogen and oxygen atoms in total. The van der Waals surface area contributed by atoms with Crippen LogP contribution in [0.1, 0.15) is 101 Å². The first-order valence-electron chi connectivity index (χ1n) is 13.6. The van der Waals surface area contributed by atoms with Crippen molar-refractivity contribution in [2.45, 2.75) is 114 Å². The van der Waals surface area contributed by atoms with Crippen molar-refractivity contribution < 1.29 is 19.4 Å². The van der Waals surface area contributed by atoms with Gasteiger partial charge in [0.15, 0.2) is 5.78 Å². The van der Waals surface area contributed by atoms with Crippen molar-refractivity contribution >= 4 is 11.7 Å². The number of carbonyl (C=O) groups excluding carboxylic acids is 2. The number of amides is 1. The number of unbranched alkanes of at least 4 members (excludes halogenated alkanes) is 1. The average Bonchev–Trinajstić information content (AvgIpc) is 3.26. The van der Waals surface area contributed by atoms with E-state index >= 15 is 0 Å². The van der Waals surface area contributed by atoms with E-state index in [0.29, 0.717) is 19.0 Å². The number of aliphatic hydroxyl groups is 1. The molecule has 0 aliphatic carbocycles. The molecule has 0 saturated carbocycles. The highest BCUT2D eigenvalue weighted by molar-refractivity contribution is 5.98. The van der Waals surface area contributed by atoms with Crippen LogP contribution in [-0.4, -0.2) is 57.2 Å². The highest BCUT2D eigenvalue weighted by Gasteiger charge is 2.20. The summed E-state index contributed by atoms with van der Waals surface area (Å²) in [5, 5.41) is 18.8. The first kappa shape index (κ1) is 38.5. The van der Waals surface area contributed by atoms with Gasteiger partial charge in [-0.3, -0.25) is 9.59 Å². The zero-order valence-corrected chi connectivity index (χ0v) is 25.1. The molecule has 1 heterocycles. The van der Waals surface area contributed by atoms with Crippen molar-refractivity contribution in [1.82, 2.24) is 20.3 Å². The van der Waals surface area contributed by atoms with E-state index in [0.717, 1.165) is 38.0 Å². The number of hydrogen-bond acceptors (Lipinski definition) is 6. The van der Waals surface area contributed by atoms with Crippen LogP contribution in [0.15, 0.2) is 18.3 Å². The van der Waals surface area contributed by atoms with Crippen molar-refractivity contribution in [3.63, 3.8) is 0 Å². The van der Waals surface area contributed by atoms with Crippen LogP contribution in [0.25, 0.3) is 0 Å². The summed E-state index contributed by atoms with van der Waals surface area (Å²) in [6.07, 6.45) is 8.21. The van der Waals surface area contributed by atoms with E-state index in [9.17, 15) is 9.59 Å². The van der Waals surface area contributed by atoms with Crippen LogP contribution in [0.3, 0.4) is 0 Å². The van der Waals surface area contributed by atoms with Gasteiger partial charge in [0.05, 0.1) is 17.8 Å². The summed E-state index contributed by atoms with van der Waals surface area (Å²) in [4.78, 5) is 23.1. The summed E-state index contributed by atoms with van der Waals surface area (Å²) in [5.74, 6) is 0.262. The predicted molar refractivity (Wildman–Crippen MR) is 150 cm³/mol. The number of carbonyl (C=O) groups is 2. The molecule has 8 heteroatoms. The Morgan fingerprint density at radius 1 is 1.11 bits per heavy atom. The van der Waals surface area contributed by atoms with Gasteiger partial charge in [-0.2, -0.15) is 0 Å². The van der Waals surface area contributed by atoms with E-state index in [1.54, 1.807) is 6.92 Å². The van der Waals surface area contributed by atoms with Crippen molar-refractivity contribution in [2.24, 2.45) is 11.8 Å². The van der Waals surface area contributed by atoms with Gasteiger partial charge in [-0.15, -0.1) is 5.10 Å². The van der Waals surface area contributed by atoms with Crippen LogP contribution < -0.4 is 5.32 Å². The lowest BCUT2D eigenvalue weighted by molar-refractivity contribution is -0.119. The highest BCUT2D eigenvalue weighted by atomic mass is 16.5. The maximum atomic E-state index is 11.7. The SMILES string of the molecule is CC.CC.CC(C)CCOC(C)(C)Cn1cc(CCCCNC(=O)/C=C/C(=O)C(C)C)nn1.CCO. The first-order valence-corrected chi connectivity index (χ1v) is 13.6. The zero-order chi connectivity index (χ0) is 28.6. The van der Waals surface area contributed by atoms with Crippen LogP contribution in [0, 0.1) is 11.8 Å². The molecule has 0 radical (unpaired) electrons. The maximum Gasteiger partial charge on any atom is 0.244 e. The monoisotopic (exact) mass is 512 g/mol. The Kier molecular flexibility index (Phi) is 26.3. The molecular weight excluding hydrogens is 456 g/mol. The van der Waals surface area contributed by atoms with Gasteiger partial charge >= 0.3 is 0 Å². The molecule has 212 valence electrons. The number of nitrogens with zero attached hydrogens (tertiary/aromatic N) is 3. The van der Waals surface area contributed by atoms with E-state index in [1.807, 2.05) is 52.4 Å². The Morgan fingerprint density at radius 3 is 2.22 bits per heavy atom. The Labute approximate surface area is 221 Å². The topological polar surface area (TPSA) is 106 Å². The number of rotatable bonds is 14. The Morgan fingerprint density at radius 2 is 1.69 bits per heavy atom. The van der Waals surface area contributed by atoms with E-state index < -0.39 is 0 Å². The van der Waals surface area contributed by atoms with E-state index in [1.165, 1.54) is 12.2 Å². The molecule has 1 aromatic heterocycles. The molecule has 0 spiro atoms. The van der Waals surface area contributed by atoms with Crippen molar-refractivity contribution in [2.75, 3.05) is 19.8 Å². The molecule has 1 amide bonds. The van der Waals surface area contributed by atoms with E-state index in [2.05, 4.69) is 43.3 Å². The van der Waals surface area contributed by atoms with Gasteiger partial charge in [-0.25, -0.2) is 4.68 Å². The fraction of sp³-hybridized carbons (Fsp3) is 0.786. The van der Waals surface area contributed by atoms with Gasteiger partial charge in [0, 0.05) is 37.9 Å². The largest absolute Gasteiger partial charge is 0.397 e. The van der Waals surface area contributed by atoms with Gasteiger partial charge in [0.1, 0.15) is 0 Å². The number of ketones is 1. The molecule has 0 saturated heterocycles. The fourth-order valence-corrected chi connectivity index (χ4v) is 2.59. The second kappa shape index (κ2) is 24.6. The lowest BCUT2D eigenvalue weighted by Gasteiger charge is -2.25. The molecule has 36 heavy (non-hydrogen) atoms. The standard InChI is InChI=1S/C22H38N4O3.C2H6O.2C2H6/c1-17(2)12-14-29-22(5,6)16-26-15-19(24-25-26)9-7-8-13-23-21(28)11-10-20(27)18(3)4;1-2-3;2*1-2/h10-11,15,17-18H,7-9,12-14,16H2,1-6H3,(H,23,28);3H,2H2,1H3;2*1-2H3/b11-10+;;;. The summed E-state index contributed by atoms with van der Waals surface area (Å²) in [6, 6.07) is 0.